The zero-order valence-electron chi connectivity index (χ0n) is 10.0. The first kappa shape index (κ1) is 13.1. The van der Waals surface area contributed by atoms with Crippen molar-refractivity contribution in [3.05, 3.63) is 0 Å². The van der Waals surface area contributed by atoms with E-state index in [2.05, 4.69) is 46.1 Å². The van der Waals surface area contributed by atoms with E-state index in [0.29, 0.717) is 5.04 Å². The lowest BCUT2D eigenvalue weighted by molar-refractivity contribution is 0.287. The zero-order valence-corrected chi connectivity index (χ0v) is 11.0. The predicted octanol–water partition coefficient (Wildman–Crippen LogP) is 2.62. The zero-order chi connectivity index (χ0) is 10.5. The fourth-order valence-electron chi connectivity index (χ4n) is 0.772. The molecule has 0 heterocycles. The molecule has 0 saturated carbocycles. The smallest absolute Gasteiger partial charge is 0.192 e. The van der Waals surface area contributed by atoms with Gasteiger partial charge >= 0.3 is 0 Å². The molecule has 0 aromatic heterocycles. The van der Waals surface area contributed by atoms with Crippen molar-refractivity contribution >= 4 is 8.32 Å². The third kappa shape index (κ3) is 4.79. The topological polar surface area (TPSA) is 21.3 Å². The minimum absolute atomic E-state index is 0.333. The highest BCUT2D eigenvalue weighted by Crippen LogP contribution is 2.36. The van der Waals surface area contributed by atoms with Gasteiger partial charge in [0.15, 0.2) is 8.32 Å². The molecule has 0 bridgehead atoms. The van der Waals surface area contributed by atoms with Gasteiger partial charge < -0.3 is 9.74 Å². The average Bonchev–Trinajstić information content (AvgIpc) is 1.96. The molecule has 0 aromatic rings. The van der Waals surface area contributed by atoms with Crippen LogP contribution in [0.1, 0.15) is 27.7 Å². The molecule has 0 radical (unpaired) electrons. The highest BCUT2D eigenvalue weighted by atomic mass is 28.4. The van der Waals surface area contributed by atoms with Gasteiger partial charge in [0, 0.05) is 13.2 Å². The minimum atomic E-state index is -1.49. The van der Waals surface area contributed by atoms with Gasteiger partial charge in [-0.1, -0.05) is 27.7 Å². The summed E-state index contributed by atoms with van der Waals surface area (Å²) in [6, 6.07) is 0. The van der Waals surface area contributed by atoms with Crippen LogP contribution in [0.3, 0.4) is 0 Å². The molecule has 13 heavy (non-hydrogen) atoms. The molecule has 0 aliphatic heterocycles. The van der Waals surface area contributed by atoms with Crippen LogP contribution in [0.2, 0.25) is 18.1 Å². The van der Waals surface area contributed by atoms with Gasteiger partial charge in [-0.3, -0.25) is 0 Å². The molecule has 3 heteroatoms. The van der Waals surface area contributed by atoms with Crippen molar-refractivity contribution in [2.24, 2.45) is 0 Å². The summed E-state index contributed by atoms with van der Waals surface area (Å²) in [5.74, 6) is 0. The molecule has 0 rings (SSSR count). The van der Waals surface area contributed by atoms with Crippen LogP contribution in [0.5, 0.6) is 0 Å². The maximum Gasteiger partial charge on any atom is 0.192 e. The summed E-state index contributed by atoms with van der Waals surface area (Å²) >= 11 is 0. The van der Waals surface area contributed by atoms with E-state index >= 15 is 0 Å². The largest absolute Gasteiger partial charge is 0.416 e. The molecule has 0 aliphatic carbocycles. The Morgan fingerprint density at radius 1 is 1.23 bits per heavy atom. The van der Waals surface area contributed by atoms with E-state index in [1.165, 1.54) is 0 Å². The Kier molecular flexibility index (Phi) is 5.18. The molecule has 0 saturated heterocycles. The van der Waals surface area contributed by atoms with Crippen LogP contribution in [0.4, 0.5) is 0 Å². The van der Waals surface area contributed by atoms with Crippen molar-refractivity contribution in [3.63, 3.8) is 0 Å². The third-order valence-electron chi connectivity index (χ3n) is 2.80. The van der Waals surface area contributed by atoms with Gasteiger partial charge in [-0.25, -0.2) is 0 Å². The molecule has 1 N–H and O–H groups in total. The normalized spacial score (nSPS) is 13.4. The van der Waals surface area contributed by atoms with E-state index in [0.717, 1.165) is 19.7 Å². The quantitative estimate of drug-likeness (QED) is 0.548. The molecule has 2 nitrogen and oxygen atoms in total. The average molecular weight is 203 g/mol. The second kappa shape index (κ2) is 5.13. The Morgan fingerprint density at radius 2 is 1.77 bits per heavy atom. The van der Waals surface area contributed by atoms with E-state index in [-0.39, 0.29) is 0 Å². The van der Waals surface area contributed by atoms with Gasteiger partial charge in [0.2, 0.25) is 0 Å². The second-order valence-electron chi connectivity index (χ2n) is 4.96. The van der Waals surface area contributed by atoms with Crippen LogP contribution in [-0.2, 0) is 4.43 Å². The van der Waals surface area contributed by atoms with Crippen LogP contribution in [0.15, 0.2) is 0 Å². The van der Waals surface area contributed by atoms with Gasteiger partial charge in [-0.2, -0.15) is 0 Å². The van der Waals surface area contributed by atoms with Gasteiger partial charge in [0.1, 0.15) is 0 Å². The number of likely N-dealkylation sites (N-methyl/N-ethyl adjacent to an activating group) is 1. The fourth-order valence-corrected chi connectivity index (χ4v) is 1.82. The minimum Gasteiger partial charge on any atom is -0.416 e. The molecule has 80 valence electrons. The van der Waals surface area contributed by atoms with Crippen molar-refractivity contribution in [1.29, 1.82) is 0 Å². The van der Waals surface area contributed by atoms with Crippen LogP contribution >= 0.6 is 0 Å². The first-order valence-corrected chi connectivity index (χ1v) is 8.07. The molecule has 0 aromatic carbocycles. The number of rotatable bonds is 5. The summed E-state index contributed by atoms with van der Waals surface area (Å²) < 4.78 is 5.97. The summed E-state index contributed by atoms with van der Waals surface area (Å²) in [5.41, 5.74) is 0. The van der Waals surface area contributed by atoms with Crippen LogP contribution in [0, 0.1) is 0 Å². The monoisotopic (exact) mass is 203 g/mol. The Labute approximate surface area is 84.2 Å². The summed E-state index contributed by atoms with van der Waals surface area (Å²) in [5, 5.41) is 3.60. The third-order valence-corrected chi connectivity index (χ3v) is 7.34. The van der Waals surface area contributed by atoms with Gasteiger partial charge in [0.05, 0.1) is 0 Å². The van der Waals surface area contributed by atoms with Gasteiger partial charge in [0.25, 0.3) is 0 Å². The van der Waals surface area contributed by atoms with E-state index < -0.39 is 8.32 Å². The van der Waals surface area contributed by atoms with E-state index in [9.17, 15) is 0 Å². The summed E-state index contributed by atoms with van der Waals surface area (Å²) in [6.07, 6.45) is 0. The lowest BCUT2D eigenvalue weighted by Gasteiger charge is -2.36. The van der Waals surface area contributed by atoms with Crippen molar-refractivity contribution in [2.75, 3.05) is 19.7 Å². The maximum absolute atomic E-state index is 5.97. The molecule has 0 fully saturated rings. The maximum atomic E-state index is 5.97. The molecule has 0 aliphatic rings. The first-order chi connectivity index (χ1) is 5.81. The van der Waals surface area contributed by atoms with Crippen molar-refractivity contribution in [1.82, 2.24) is 5.32 Å². The number of nitrogens with one attached hydrogen (secondary N) is 1. The standard InChI is InChI=1S/C10H25NOSi/c1-7-11-8-9-12-13(5,6)10(2,3)4/h11H,7-9H2,1-6H3. The molecule has 0 spiro atoms. The highest BCUT2D eigenvalue weighted by Gasteiger charge is 2.36. The van der Waals surface area contributed by atoms with Crippen LogP contribution in [0.25, 0.3) is 0 Å². The lowest BCUT2D eigenvalue weighted by Crippen LogP contribution is -2.42. The van der Waals surface area contributed by atoms with Crippen LogP contribution < -0.4 is 5.32 Å². The molecule has 0 atom stereocenters. The molecule has 0 unspecified atom stereocenters. The highest BCUT2D eigenvalue weighted by molar-refractivity contribution is 6.74. The Bertz CT molecular complexity index is 140. The second-order valence-corrected chi connectivity index (χ2v) is 9.77. The number of hydrogen-bond acceptors (Lipinski definition) is 2. The van der Waals surface area contributed by atoms with E-state index in [1.807, 2.05) is 0 Å². The molecular weight excluding hydrogens is 178 g/mol. The first-order valence-electron chi connectivity index (χ1n) is 5.16. The van der Waals surface area contributed by atoms with Crippen LogP contribution in [-0.4, -0.2) is 28.0 Å². The van der Waals surface area contributed by atoms with Crippen molar-refractivity contribution < 1.29 is 4.43 Å². The number of hydrogen-bond donors (Lipinski definition) is 1. The van der Waals surface area contributed by atoms with Gasteiger partial charge in [-0.15, -0.1) is 0 Å². The summed E-state index contributed by atoms with van der Waals surface area (Å²) in [7, 11) is -1.49. The Hall–Kier alpha value is 0.137. The SMILES string of the molecule is CCNCCO[Si](C)(C)C(C)(C)C. The lowest BCUT2D eigenvalue weighted by atomic mass is 10.2. The molecular formula is C10H25NOSi. The van der Waals surface area contributed by atoms with Gasteiger partial charge in [-0.05, 0) is 24.7 Å². The Morgan fingerprint density at radius 3 is 2.15 bits per heavy atom. The fraction of sp³-hybridized carbons (Fsp3) is 1.00. The summed E-state index contributed by atoms with van der Waals surface area (Å²) in [4.78, 5) is 0. The predicted molar refractivity (Wildman–Crippen MR) is 61.7 cm³/mol. The van der Waals surface area contributed by atoms with Crippen molar-refractivity contribution in [2.45, 2.75) is 45.8 Å². The van der Waals surface area contributed by atoms with E-state index in [4.69, 9.17) is 4.43 Å². The Balaban J connectivity index is 3.77. The summed E-state index contributed by atoms with van der Waals surface area (Å²) in [6.45, 7) is 16.4. The van der Waals surface area contributed by atoms with E-state index in [1.54, 1.807) is 0 Å². The molecule has 0 amide bonds. The van der Waals surface area contributed by atoms with Crippen molar-refractivity contribution in [3.8, 4) is 0 Å².